The van der Waals surface area contributed by atoms with Gasteiger partial charge in [-0.2, -0.15) is 10.2 Å². The zero-order valence-corrected chi connectivity index (χ0v) is 29.5. The molecule has 0 saturated carbocycles. The fourth-order valence-electron chi connectivity index (χ4n) is 4.77. The third-order valence-corrected chi connectivity index (χ3v) is 9.01. The molecule has 0 spiro atoms. The van der Waals surface area contributed by atoms with E-state index in [1.807, 2.05) is 98.8 Å². The Balaban J connectivity index is 1.17. The number of rotatable bonds is 16. The Bertz CT molecular complexity index is 1580. The van der Waals surface area contributed by atoms with Crippen molar-refractivity contribution in [2.45, 2.75) is 80.1 Å². The minimum Gasteiger partial charge on any atom is -0.494 e. The summed E-state index contributed by atoms with van der Waals surface area (Å²) in [6.07, 6.45) is 3.81. The summed E-state index contributed by atoms with van der Waals surface area (Å²) in [5.74, 6) is 4.00. The molecule has 0 atom stereocenters. The van der Waals surface area contributed by atoms with Gasteiger partial charge in [-0.25, -0.2) is 0 Å². The van der Waals surface area contributed by atoms with E-state index in [1.165, 1.54) is 5.56 Å². The predicted molar refractivity (Wildman–Crippen MR) is 192 cm³/mol. The number of nitrogens with zero attached hydrogens (tertiary/aromatic N) is 2. The van der Waals surface area contributed by atoms with Gasteiger partial charge in [0.15, 0.2) is 0 Å². The van der Waals surface area contributed by atoms with Crippen LogP contribution in [0.2, 0.25) is 0 Å². The van der Waals surface area contributed by atoms with Crippen LogP contribution < -0.4 is 14.2 Å². The fourth-order valence-corrected chi connectivity index (χ4v) is 4.77. The summed E-state index contributed by atoms with van der Waals surface area (Å²) in [6, 6.07) is 30.8. The first-order chi connectivity index (χ1) is 23.0. The van der Waals surface area contributed by atoms with Crippen molar-refractivity contribution in [1.82, 2.24) is 0 Å². The summed E-state index contributed by atoms with van der Waals surface area (Å²) in [7, 11) is 0. The normalized spacial score (nSPS) is 11.9. The van der Waals surface area contributed by atoms with Crippen LogP contribution in [0.4, 0.5) is 11.4 Å². The van der Waals surface area contributed by atoms with E-state index in [0.29, 0.717) is 42.1 Å². The Morgan fingerprint density at radius 2 is 0.979 bits per heavy atom. The monoisotopic (exact) mass is 650 g/mol. The molecule has 0 N–H and O–H groups in total. The van der Waals surface area contributed by atoms with Crippen molar-refractivity contribution in [2.24, 2.45) is 21.1 Å². The second kappa shape index (κ2) is 17.0. The molecule has 0 radical (unpaired) electrons. The van der Waals surface area contributed by atoms with Gasteiger partial charge in [-0.3, -0.25) is 4.79 Å². The molecule has 7 heteroatoms. The van der Waals surface area contributed by atoms with Gasteiger partial charge < -0.3 is 18.9 Å². The van der Waals surface area contributed by atoms with Gasteiger partial charge in [-0.1, -0.05) is 46.8 Å². The molecule has 254 valence electrons. The quantitative estimate of drug-likeness (QED) is 0.0685. The first kappa shape index (κ1) is 36.2. The van der Waals surface area contributed by atoms with E-state index < -0.39 is 5.41 Å². The van der Waals surface area contributed by atoms with E-state index in [0.717, 1.165) is 42.8 Å². The molecular formula is C41H50N2O5. The number of carbonyl (C=O) groups is 1. The van der Waals surface area contributed by atoms with Gasteiger partial charge in [0.2, 0.25) is 0 Å². The van der Waals surface area contributed by atoms with Crippen LogP contribution in [0.15, 0.2) is 107 Å². The smallest absolute Gasteiger partial charge is 0.312 e. The third kappa shape index (κ3) is 10.4. The Morgan fingerprint density at radius 1 is 0.583 bits per heavy atom. The molecule has 7 nitrogen and oxygen atoms in total. The van der Waals surface area contributed by atoms with Crippen molar-refractivity contribution < 1.29 is 23.7 Å². The molecule has 48 heavy (non-hydrogen) atoms. The standard InChI is InChI=1S/C41H50N2O5/c1-8-30(9-2)31-12-14-32(15-13-31)42-43-33-16-18-35(19-17-33)47-37-24-26-38(27-25-37)48-36-22-20-34(21-23-36)45-28-10-11-29-46-39(44)41(6,7)40(3,4)5/h12-27,30H,8-11,28-29H2,1-7H3. The van der Waals surface area contributed by atoms with E-state index in [-0.39, 0.29) is 11.4 Å². The first-order valence-corrected chi connectivity index (χ1v) is 17.0. The summed E-state index contributed by atoms with van der Waals surface area (Å²) in [5.41, 5.74) is 2.24. The van der Waals surface area contributed by atoms with E-state index in [9.17, 15) is 4.79 Å². The molecule has 0 saturated heterocycles. The van der Waals surface area contributed by atoms with Crippen LogP contribution in [0, 0.1) is 10.8 Å². The lowest BCUT2D eigenvalue weighted by Crippen LogP contribution is -2.39. The van der Waals surface area contributed by atoms with Gasteiger partial charge in [0, 0.05) is 0 Å². The molecule has 4 rings (SSSR count). The predicted octanol–water partition coefficient (Wildman–Crippen LogP) is 12.4. The summed E-state index contributed by atoms with van der Waals surface area (Å²) >= 11 is 0. The van der Waals surface area contributed by atoms with Crippen molar-refractivity contribution in [1.29, 1.82) is 0 Å². The largest absolute Gasteiger partial charge is 0.494 e. The molecule has 0 amide bonds. The Labute approximate surface area is 286 Å². The molecule has 0 aromatic heterocycles. The third-order valence-electron chi connectivity index (χ3n) is 9.01. The van der Waals surface area contributed by atoms with Crippen molar-refractivity contribution in [3.63, 3.8) is 0 Å². The number of hydrogen-bond donors (Lipinski definition) is 0. The van der Waals surface area contributed by atoms with Crippen molar-refractivity contribution in [3.8, 4) is 28.7 Å². The second-order valence-electron chi connectivity index (χ2n) is 13.5. The Hall–Kier alpha value is -4.65. The lowest BCUT2D eigenvalue weighted by atomic mass is 9.69. The highest BCUT2D eigenvalue weighted by Crippen LogP contribution is 2.39. The maximum atomic E-state index is 12.4. The highest BCUT2D eigenvalue weighted by atomic mass is 16.5. The highest BCUT2D eigenvalue weighted by Gasteiger charge is 2.41. The maximum absolute atomic E-state index is 12.4. The number of hydrogen-bond acceptors (Lipinski definition) is 7. The van der Waals surface area contributed by atoms with Crippen LogP contribution in [0.5, 0.6) is 28.7 Å². The van der Waals surface area contributed by atoms with Crippen LogP contribution in [0.25, 0.3) is 0 Å². The van der Waals surface area contributed by atoms with Gasteiger partial charge >= 0.3 is 5.97 Å². The summed E-state index contributed by atoms with van der Waals surface area (Å²) in [5, 5.41) is 8.75. The zero-order valence-electron chi connectivity index (χ0n) is 29.5. The Kier molecular flexibility index (Phi) is 12.8. The topological polar surface area (TPSA) is 78.7 Å². The number of benzene rings is 4. The number of carbonyl (C=O) groups excluding carboxylic acids is 1. The van der Waals surface area contributed by atoms with Crippen LogP contribution in [-0.4, -0.2) is 19.2 Å². The number of ether oxygens (including phenoxy) is 4. The van der Waals surface area contributed by atoms with Crippen LogP contribution in [-0.2, 0) is 9.53 Å². The fraction of sp³-hybridized carbons (Fsp3) is 0.390. The lowest BCUT2D eigenvalue weighted by molar-refractivity contribution is -0.160. The van der Waals surface area contributed by atoms with E-state index >= 15 is 0 Å². The van der Waals surface area contributed by atoms with E-state index in [4.69, 9.17) is 18.9 Å². The minimum absolute atomic E-state index is 0.159. The van der Waals surface area contributed by atoms with Gasteiger partial charge in [-0.05, 0) is 141 Å². The van der Waals surface area contributed by atoms with E-state index in [2.05, 4.69) is 57.0 Å². The number of esters is 1. The van der Waals surface area contributed by atoms with Crippen molar-refractivity contribution in [3.05, 3.63) is 103 Å². The Morgan fingerprint density at radius 3 is 1.42 bits per heavy atom. The van der Waals surface area contributed by atoms with Gasteiger partial charge in [-0.15, -0.1) is 0 Å². The summed E-state index contributed by atoms with van der Waals surface area (Å²) in [6.45, 7) is 15.4. The molecule has 0 unspecified atom stereocenters. The zero-order chi connectivity index (χ0) is 34.6. The average Bonchev–Trinajstić information content (AvgIpc) is 3.08. The van der Waals surface area contributed by atoms with Gasteiger partial charge in [0.05, 0.1) is 30.0 Å². The molecule has 0 heterocycles. The number of azo groups is 1. The van der Waals surface area contributed by atoms with Crippen molar-refractivity contribution >= 4 is 17.3 Å². The SMILES string of the molecule is CCC(CC)c1ccc(N=Nc2ccc(Oc3ccc(Oc4ccc(OCCCCOC(=O)C(C)(C)C(C)(C)C)cc4)cc3)cc2)cc1. The highest BCUT2D eigenvalue weighted by molar-refractivity contribution is 5.76. The van der Waals surface area contributed by atoms with Crippen LogP contribution in [0.3, 0.4) is 0 Å². The van der Waals surface area contributed by atoms with E-state index in [1.54, 1.807) is 0 Å². The average molecular weight is 651 g/mol. The first-order valence-electron chi connectivity index (χ1n) is 17.0. The molecule has 4 aromatic rings. The molecular weight excluding hydrogens is 600 g/mol. The summed E-state index contributed by atoms with van der Waals surface area (Å²) in [4.78, 5) is 12.4. The summed E-state index contributed by atoms with van der Waals surface area (Å²) < 4.78 is 23.4. The lowest BCUT2D eigenvalue weighted by Gasteiger charge is -2.36. The van der Waals surface area contributed by atoms with Gasteiger partial charge in [0.25, 0.3) is 0 Å². The maximum Gasteiger partial charge on any atom is 0.312 e. The molecule has 4 aromatic carbocycles. The van der Waals surface area contributed by atoms with Gasteiger partial charge in [0.1, 0.15) is 28.7 Å². The van der Waals surface area contributed by atoms with Crippen LogP contribution >= 0.6 is 0 Å². The minimum atomic E-state index is -0.536. The number of unbranched alkanes of at least 4 members (excludes halogenated alkanes) is 1. The molecule has 0 fully saturated rings. The molecule has 0 aliphatic heterocycles. The second-order valence-corrected chi connectivity index (χ2v) is 13.5. The molecule has 0 bridgehead atoms. The molecule has 0 aliphatic carbocycles. The molecule has 0 aliphatic rings. The van der Waals surface area contributed by atoms with Crippen LogP contribution in [0.1, 0.15) is 85.6 Å². The van der Waals surface area contributed by atoms with Crippen molar-refractivity contribution in [2.75, 3.05) is 13.2 Å².